The van der Waals surface area contributed by atoms with Crippen molar-refractivity contribution in [2.75, 3.05) is 0 Å². The van der Waals surface area contributed by atoms with Crippen LogP contribution >= 0.6 is 0 Å². The normalized spacial score (nSPS) is 12.3. The molecular formula is C18H28NO3. The number of unbranched alkanes of at least 4 members (excludes halogenated alkanes) is 5. The number of rotatable bonds is 14. The third-order valence-electron chi connectivity index (χ3n) is 3.27. The lowest BCUT2D eigenvalue weighted by molar-refractivity contribution is -0.428. The van der Waals surface area contributed by atoms with Gasteiger partial charge in [-0.1, -0.05) is 44.1 Å². The highest BCUT2D eigenvalue weighted by Gasteiger charge is 2.08. The van der Waals surface area contributed by atoms with Gasteiger partial charge in [-0.05, 0) is 44.6 Å². The average Bonchev–Trinajstić information content (AvgIpc) is 2.50. The van der Waals surface area contributed by atoms with Crippen molar-refractivity contribution in [2.24, 2.45) is 0 Å². The van der Waals surface area contributed by atoms with Gasteiger partial charge in [0.15, 0.2) is 6.29 Å². The van der Waals surface area contributed by atoms with Crippen molar-refractivity contribution in [3.63, 3.8) is 0 Å². The molecule has 0 unspecified atom stereocenters. The van der Waals surface area contributed by atoms with E-state index in [1.54, 1.807) is 6.08 Å². The summed E-state index contributed by atoms with van der Waals surface area (Å²) in [6, 6.07) is 0. The molecule has 0 aromatic heterocycles. The second kappa shape index (κ2) is 15.7. The molecule has 0 aliphatic rings. The van der Waals surface area contributed by atoms with Crippen molar-refractivity contribution in [3.05, 3.63) is 46.2 Å². The van der Waals surface area contributed by atoms with Gasteiger partial charge >= 0.3 is 0 Å². The van der Waals surface area contributed by atoms with Gasteiger partial charge in [0, 0.05) is 12.8 Å². The monoisotopic (exact) mass is 306 g/mol. The van der Waals surface area contributed by atoms with Crippen LogP contribution in [0.5, 0.6) is 0 Å². The number of hydrogen-bond acceptors (Lipinski definition) is 3. The Morgan fingerprint density at radius 1 is 1.05 bits per heavy atom. The first-order chi connectivity index (χ1) is 10.7. The quantitative estimate of drug-likeness (QED) is 0.189. The summed E-state index contributed by atoms with van der Waals surface area (Å²) in [5.74, 6) is 0. The van der Waals surface area contributed by atoms with Crippen LogP contribution in [-0.4, -0.2) is 11.2 Å². The van der Waals surface area contributed by atoms with Gasteiger partial charge in [-0.3, -0.25) is 14.9 Å². The molecule has 0 N–H and O–H groups in total. The molecule has 0 saturated heterocycles. The van der Waals surface area contributed by atoms with Crippen LogP contribution < -0.4 is 0 Å². The highest BCUT2D eigenvalue weighted by Crippen LogP contribution is 2.10. The van der Waals surface area contributed by atoms with Crippen LogP contribution in [0.3, 0.4) is 0 Å². The van der Waals surface area contributed by atoms with Gasteiger partial charge in [0.05, 0.1) is 4.92 Å². The molecule has 0 saturated carbocycles. The summed E-state index contributed by atoms with van der Waals surface area (Å²) in [6.07, 6.45) is 20.2. The highest BCUT2D eigenvalue weighted by molar-refractivity contribution is 5.50. The lowest BCUT2D eigenvalue weighted by Gasteiger charge is -1.97. The predicted molar refractivity (Wildman–Crippen MR) is 90.9 cm³/mol. The Morgan fingerprint density at radius 3 is 2.45 bits per heavy atom. The van der Waals surface area contributed by atoms with Gasteiger partial charge in [-0.25, -0.2) is 0 Å². The molecule has 22 heavy (non-hydrogen) atoms. The first-order valence-corrected chi connectivity index (χ1v) is 8.20. The molecule has 0 aromatic rings. The standard InChI is InChI=1S/C18H28NO3/c1-2-3-12-15-18(19(21)22)16-13-10-8-6-4-5-7-9-11-14-17-20/h4-5,8,10,16H,2-3,6-7,9,11-15H2,1H3/b5-4+,10-8+,18-16-. The third-order valence-corrected chi connectivity index (χ3v) is 3.27. The van der Waals surface area contributed by atoms with Crippen LogP contribution in [-0.2, 0) is 4.79 Å². The zero-order valence-electron chi connectivity index (χ0n) is 13.6. The van der Waals surface area contributed by atoms with Crippen molar-refractivity contribution in [2.45, 2.75) is 71.1 Å². The molecule has 0 fully saturated rings. The molecule has 1 radical (unpaired) electrons. The largest absolute Gasteiger partial charge is 0.291 e. The van der Waals surface area contributed by atoms with Crippen molar-refractivity contribution < 1.29 is 9.72 Å². The van der Waals surface area contributed by atoms with Gasteiger partial charge < -0.3 is 0 Å². The van der Waals surface area contributed by atoms with Crippen LogP contribution in [0, 0.1) is 10.1 Å². The van der Waals surface area contributed by atoms with Crippen LogP contribution in [0.15, 0.2) is 36.1 Å². The van der Waals surface area contributed by atoms with E-state index < -0.39 is 0 Å². The van der Waals surface area contributed by atoms with Crippen molar-refractivity contribution >= 4 is 6.29 Å². The van der Waals surface area contributed by atoms with Crippen molar-refractivity contribution in [3.8, 4) is 0 Å². The van der Waals surface area contributed by atoms with Gasteiger partial charge in [-0.2, -0.15) is 0 Å². The van der Waals surface area contributed by atoms with E-state index in [9.17, 15) is 14.9 Å². The number of carbonyl (C=O) groups excluding carboxylic acids is 1. The van der Waals surface area contributed by atoms with Gasteiger partial charge in [0.2, 0.25) is 5.70 Å². The summed E-state index contributed by atoms with van der Waals surface area (Å²) < 4.78 is 0. The maximum absolute atomic E-state index is 10.9. The van der Waals surface area contributed by atoms with E-state index in [0.29, 0.717) is 25.0 Å². The Morgan fingerprint density at radius 2 is 1.77 bits per heavy atom. The minimum Gasteiger partial charge on any atom is -0.291 e. The zero-order chi connectivity index (χ0) is 16.5. The Bertz CT molecular complexity index is 384. The maximum atomic E-state index is 10.9. The SMILES string of the molecule is CCCCC/C(=C/C/C=C/C/C=C/CCCC[C]=O)[N+](=O)[O-]. The van der Waals surface area contributed by atoms with Crippen LogP contribution in [0.1, 0.15) is 71.1 Å². The van der Waals surface area contributed by atoms with Crippen molar-refractivity contribution in [1.82, 2.24) is 0 Å². The summed E-state index contributed by atoms with van der Waals surface area (Å²) in [5, 5.41) is 10.9. The molecule has 4 heteroatoms. The summed E-state index contributed by atoms with van der Waals surface area (Å²) in [6.45, 7) is 2.09. The molecule has 0 rings (SSSR count). The van der Waals surface area contributed by atoms with Crippen molar-refractivity contribution in [1.29, 1.82) is 0 Å². The van der Waals surface area contributed by atoms with E-state index in [-0.39, 0.29) is 4.92 Å². The Balaban J connectivity index is 3.84. The van der Waals surface area contributed by atoms with E-state index in [1.165, 1.54) is 0 Å². The molecule has 0 amide bonds. The summed E-state index contributed by atoms with van der Waals surface area (Å²) in [4.78, 5) is 20.6. The topological polar surface area (TPSA) is 60.2 Å². The second-order valence-corrected chi connectivity index (χ2v) is 5.21. The molecule has 0 aromatic carbocycles. The second-order valence-electron chi connectivity index (χ2n) is 5.21. The summed E-state index contributed by atoms with van der Waals surface area (Å²) >= 11 is 0. The molecule has 0 aliphatic carbocycles. The Hall–Kier alpha value is -1.71. The number of allylic oxidation sites excluding steroid dienone is 6. The highest BCUT2D eigenvalue weighted by atomic mass is 16.6. The Labute approximate surface area is 134 Å². The fraction of sp³-hybridized carbons (Fsp3) is 0.611. The fourth-order valence-corrected chi connectivity index (χ4v) is 1.97. The molecule has 123 valence electrons. The third kappa shape index (κ3) is 13.3. The number of nitro groups is 1. The molecule has 0 heterocycles. The summed E-state index contributed by atoms with van der Waals surface area (Å²) in [5.41, 5.74) is 0.334. The zero-order valence-corrected chi connectivity index (χ0v) is 13.6. The molecular weight excluding hydrogens is 278 g/mol. The van der Waals surface area contributed by atoms with E-state index >= 15 is 0 Å². The van der Waals surface area contributed by atoms with Gasteiger partial charge in [0.1, 0.15) is 0 Å². The van der Waals surface area contributed by atoms with E-state index in [1.807, 2.05) is 18.4 Å². The van der Waals surface area contributed by atoms with Gasteiger partial charge in [0.25, 0.3) is 0 Å². The molecule has 0 aliphatic heterocycles. The van der Waals surface area contributed by atoms with E-state index in [4.69, 9.17) is 0 Å². The molecule has 0 atom stereocenters. The van der Waals surface area contributed by atoms with Crippen LogP contribution in [0.4, 0.5) is 0 Å². The van der Waals surface area contributed by atoms with Crippen LogP contribution in [0.25, 0.3) is 0 Å². The lowest BCUT2D eigenvalue weighted by atomic mass is 10.1. The maximum Gasteiger partial charge on any atom is 0.242 e. The van der Waals surface area contributed by atoms with E-state index in [2.05, 4.69) is 19.1 Å². The molecule has 4 nitrogen and oxygen atoms in total. The summed E-state index contributed by atoms with van der Waals surface area (Å²) in [7, 11) is 0. The first-order valence-electron chi connectivity index (χ1n) is 8.20. The first kappa shape index (κ1) is 20.3. The smallest absolute Gasteiger partial charge is 0.242 e. The minimum atomic E-state index is -0.264. The molecule has 0 spiro atoms. The molecule has 0 bridgehead atoms. The van der Waals surface area contributed by atoms with E-state index in [0.717, 1.165) is 44.9 Å². The predicted octanol–water partition coefficient (Wildman–Crippen LogP) is 5.29. The number of nitrogens with zero attached hydrogens (tertiary/aromatic N) is 1. The Kier molecular flexibility index (Phi) is 14.5. The van der Waals surface area contributed by atoms with Crippen LogP contribution in [0.2, 0.25) is 0 Å². The lowest BCUT2D eigenvalue weighted by Crippen LogP contribution is -1.98. The van der Waals surface area contributed by atoms with Gasteiger partial charge in [-0.15, -0.1) is 0 Å². The average molecular weight is 306 g/mol. The minimum absolute atomic E-state index is 0.264. The fourth-order valence-electron chi connectivity index (χ4n) is 1.97. The number of hydrogen-bond donors (Lipinski definition) is 0.